The summed E-state index contributed by atoms with van der Waals surface area (Å²) in [6.45, 7) is 4.14. The highest BCUT2D eigenvalue weighted by molar-refractivity contribution is 6.27. The Morgan fingerprint density at radius 2 is 2.23 bits per heavy atom. The van der Waals surface area contributed by atoms with Crippen molar-refractivity contribution in [3.63, 3.8) is 0 Å². The van der Waals surface area contributed by atoms with Crippen LogP contribution in [0.2, 0.25) is 0 Å². The fraction of sp³-hybridized carbons (Fsp3) is 0.500. The summed E-state index contributed by atoms with van der Waals surface area (Å²) in [5, 5.41) is 0. The van der Waals surface area contributed by atoms with Crippen LogP contribution in [0.4, 0.5) is 0 Å². The highest BCUT2D eigenvalue weighted by atomic mass is 16.5. The van der Waals surface area contributed by atoms with E-state index >= 15 is 0 Å². The van der Waals surface area contributed by atoms with Gasteiger partial charge in [-0.2, -0.15) is 0 Å². The zero-order valence-corrected chi connectivity index (χ0v) is 8.22. The lowest BCUT2D eigenvalue weighted by atomic mass is 9.81. The Hall–Kier alpha value is -0.985. The van der Waals surface area contributed by atoms with Crippen molar-refractivity contribution in [3.8, 4) is 0 Å². The van der Waals surface area contributed by atoms with Crippen molar-refractivity contribution in [2.45, 2.75) is 20.3 Å². The standard InChI is InChI=1S/C10H12BNO/c1-4-6-8(11)7-5(2)9(7)12-10(6)13-3/h7H,4H2,1-3H3. The van der Waals surface area contributed by atoms with E-state index in [9.17, 15) is 0 Å². The van der Waals surface area contributed by atoms with Crippen molar-refractivity contribution in [3.05, 3.63) is 22.3 Å². The molecular weight excluding hydrogens is 161 g/mol. The van der Waals surface area contributed by atoms with E-state index in [0.717, 1.165) is 23.2 Å². The molecule has 1 atom stereocenters. The van der Waals surface area contributed by atoms with Crippen LogP contribution in [0, 0.1) is 5.92 Å². The van der Waals surface area contributed by atoms with Gasteiger partial charge in [-0.3, -0.25) is 0 Å². The Kier molecular flexibility index (Phi) is 1.83. The quantitative estimate of drug-likeness (QED) is 0.553. The lowest BCUT2D eigenvalue weighted by Crippen LogP contribution is -2.13. The number of rotatable bonds is 1. The van der Waals surface area contributed by atoms with Crippen LogP contribution < -0.4 is 0 Å². The van der Waals surface area contributed by atoms with Crippen molar-refractivity contribution in [2.75, 3.05) is 7.11 Å². The van der Waals surface area contributed by atoms with E-state index in [0.29, 0.717) is 11.8 Å². The molecule has 0 saturated carbocycles. The maximum atomic E-state index is 6.01. The van der Waals surface area contributed by atoms with E-state index in [2.05, 4.69) is 18.8 Å². The lowest BCUT2D eigenvalue weighted by Gasteiger charge is -2.16. The Morgan fingerprint density at radius 3 is 2.77 bits per heavy atom. The summed E-state index contributed by atoms with van der Waals surface area (Å²) < 4.78 is 5.19. The normalized spacial score (nSPS) is 25.8. The highest BCUT2D eigenvalue weighted by Gasteiger charge is 2.39. The molecule has 0 aromatic rings. The van der Waals surface area contributed by atoms with Crippen LogP contribution in [-0.4, -0.2) is 20.9 Å². The summed E-state index contributed by atoms with van der Waals surface area (Å²) in [4.78, 5) is 4.39. The van der Waals surface area contributed by atoms with E-state index in [-0.39, 0.29) is 0 Å². The first-order valence-corrected chi connectivity index (χ1v) is 4.52. The molecule has 1 aliphatic carbocycles. The van der Waals surface area contributed by atoms with Gasteiger partial charge in [0.2, 0.25) is 5.90 Å². The van der Waals surface area contributed by atoms with Crippen LogP contribution >= 0.6 is 0 Å². The molecule has 0 N–H and O–H groups in total. The maximum Gasteiger partial charge on any atom is 0.215 e. The van der Waals surface area contributed by atoms with Crippen molar-refractivity contribution < 1.29 is 4.74 Å². The number of dihydropyridines is 1. The molecule has 2 radical (unpaired) electrons. The van der Waals surface area contributed by atoms with Crippen LogP contribution in [0.15, 0.2) is 27.3 Å². The molecule has 13 heavy (non-hydrogen) atoms. The van der Waals surface area contributed by atoms with Gasteiger partial charge in [-0.05, 0) is 18.9 Å². The summed E-state index contributed by atoms with van der Waals surface area (Å²) in [6.07, 6.45) is 0.884. The van der Waals surface area contributed by atoms with Crippen molar-refractivity contribution in [1.82, 2.24) is 0 Å². The number of hydrogen-bond acceptors (Lipinski definition) is 2. The molecule has 0 saturated heterocycles. The first-order chi connectivity index (χ1) is 6.20. The molecule has 0 bridgehead atoms. The Labute approximate surface area is 79.8 Å². The van der Waals surface area contributed by atoms with Gasteiger partial charge in [-0.25, -0.2) is 4.99 Å². The molecule has 0 spiro atoms. The van der Waals surface area contributed by atoms with Crippen molar-refractivity contribution in [2.24, 2.45) is 10.9 Å². The molecule has 2 rings (SSSR count). The summed E-state index contributed by atoms with van der Waals surface area (Å²) in [6, 6.07) is 0. The van der Waals surface area contributed by atoms with Crippen LogP contribution in [0.25, 0.3) is 0 Å². The smallest absolute Gasteiger partial charge is 0.215 e. The maximum absolute atomic E-state index is 6.01. The van der Waals surface area contributed by atoms with Gasteiger partial charge in [0.1, 0.15) is 7.85 Å². The third-order valence-corrected chi connectivity index (χ3v) is 2.71. The predicted molar refractivity (Wildman–Crippen MR) is 53.7 cm³/mol. The van der Waals surface area contributed by atoms with Crippen LogP contribution in [0.3, 0.4) is 0 Å². The molecular formula is C10H12BNO. The lowest BCUT2D eigenvalue weighted by molar-refractivity contribution is 0.400. The fourth-order valence-electron chi connectivity index (χ4n) is 1.85. The number of nitrogens with zero attached hydrogens (tertiary/aromatic N) is 1. The average Bonchev–Trinajstić information content (AvgIpc) is 2.77. The molecule has 1 unspecified atom stereocenters. The zero-order valence-electron chi connectivity index (χ0n) is 8.22. The van der Waals surface area contributed by atoms with Gasteiger partial charge in [0.25, 0.3) is 0 Å². The number of fused-ring (bicyclic) bond motifs is 1. The third-order valence-electron chi connectivity index (χ3n) is 2.71. The average molecular weight is 173 g/mol. The second-order valence-corrected chi connectivity index (χ2v) is 3.41. The summed E-state index contributed by atoms with van der Waals surface area (Å²) in [5.74, 6) is 1.02. The molecule has 2 nitrogen and oxygen atoms in total. The second kappa shape index (κ2) is 2.76. The van der Waals surface area contributed by atoms with Crippen molar-refractivity contribution >= 4 is 13.7 Å². The van der Waals surface area contributed by atoms with E-state index in [1.54, 1.807) is 7.11 Å². The highest BCUT2D eigenvalue weighted by Crippen LogP contribution is 2.48. The number of allylic oxidation sites excluding steroid dienone is 2. The van der Waals surface area contributed by atoms with Gasteiger partial charge < -0.3 is 4.74 Å². The Balaban J connectivity index is 2.40. The van der Waals surface area contributed by atoms with E-state index < -0.39 is 0 Å². The number of hydrogen-bond donors (Lipinski definition) is 0. The van der Waals surface area contributed by atoms with Gasteiger partial charge in [0, 0.05) is 11.5 Å². The largest absolute Gasteiger partial charge is 0.481 e. The molecule has 0 aromatic heterocycles. The molecule has 0 amide bonds. The topological polar surface area (TPSA) is 21.6 Å². The van der Waals surface area contributed by atoms with E-state index in [1.165, 1.54) is 5.57 Å². The van der Waals surface area contributed by atoms with Crippen LogP contribution in [0.5, 0.6) is 0 Å². The molecule has 0 fully saturated rings. The predicted octanol–water partition coefficient (Wildman–Crippen LogP) is 1.78. The molecule has 66 valence electrons. The molecule has 2 aliphatic rings. The zero-order chi connectivity index (χ0) is 9.59. The number of ether oxygens (including phenoxy) is 1. The summed E-state index contributed by atoms with van der Waals surface area (Å²) in [7, 11) is 7.65. The first kappa shape index (κ1) is 8.61. The summed E-state index contributed by atoms with van der Waals surface area (Å²) in [5.41, 5.74) is 4.39. The fourth-order valence-corrected chi connectivity index (χ4v) is 1.85. The SMILES string of the molecule is [B]C1=C(CC)C(OC)=NC2=C(C)C12. The molecule has 1 heterocycles. The number of methoxy groups -OCH3 is 1. The molecule has 1 aliphatic heterocycles. The minimum absolute atomic E-state index is 0.328. The first-order valence-electron chi connectivity index (χ1n) is 4.52. The van der Waals surface area contributed by atoms with Crippen LogP contribution in [0.1, 0.15) is 20.3 Å². The Morgan fingerprint density at radius 1 is 1.54 bits per heavy atom. The van der Waals surface area contributed by atoms with Gasteiger partial charge in [-0.15, -0.1) is 0 Å². The van der Waals surface area contributed by atoms with Gasteiger partial charge in [0.05, 0.1) is 12.8 Å². The Bertz CT molecular complexity index is 352. The minimum atomic E-state index is 0.328. The van der Waals surface area contributed by atoms with E-state index in [4.69, 9.17) is 12.6 Å². The van der Waals surface area contributed by atoms with Gasteiger partial charge in [-0.1, -0.05) is 12.4 Å². The monoisotopic (exact) mass is 173 g/mol. The van der Waals surface area contributed by atoms with Gasteiger partial charge >= 0.3 is 0 Å². The summed E-state index contributed by atoms with van der Waals surface area (Å²) >= 11 is 0. The number of aliphatic imine (C=N–C) groups is 1. The minimum Gasteiger partial charge on any atom is -0.481 e. The van der Waals surface area contributed by atoms with E-state index in [1.807, 2.05) is 0 Å². The molecule has 0 aromatic carbocycles. The van der Waals surface area contributed by atoms with Gasteiger partial charge in [0.15, 0.2) is 0 Å². The molecule has 3 heteroatoms. The van der Waals surface area contributed by atoms with Crippen LogP contribution in [-0.2, 0) is 4.74 Å². The third kappa shape index (κ3) is 1.06. The second-order valence-electron chi connectivity index (χ2n) is 3.41. The van der Waals surface area contributed by atoms with Crippen molar-refractivity contribution in [1.29, 1.82) is 0 Å².